The van der Waals surface area contributed by atoms with Crippen LogP contribution in [0.4, 0.5) is 5.69 Å². The molecule has 24 heavy (non-hydrogen) atoms. The van der Waals surface area contributed by atoms with E-state index in [0.717, 1.165) is 5.56 Å². The topological polar surface area (TPSA) is 116 Å². The van der Waals surface area contributed by atoms with Crippen molar-refractivity contribution in [2.45, 2.75) is 6.92 Å². The molecule has 2 amide bonds. The molecule has 0 fully saturated rings. The number of hydrogen-bond donors (Lipinski definition) is 2. The third-order valence-corrected chi connectivity index (χ3v) is 3.43. The zero-order valence-corrected chi connectivity index (χ0v) is 12.8. The van der Waals surface area contributed by atoms with Gasteiger partial charge in [0.2, 0.25) is 5.91 Å². The van der Waals surface area contributed by atoms with Crippen molar-refractivity contribution in [2.75, 3.05) is 5.32 Å². The van der Waals surface area contributed by atoms with E-state index < -0.39 is 5.91 Å². The number of hydrogen-bond acceptors (Lipinski definition) is 5. The van der Waals surface area contributed by atoms with E-state index in [1.165, 1.54) is 23.5 Å². The summed E-state index contributed by atoms with van der Waals surface area (Å²) < 4.78 is 1.45. The maximum absolute atomic E-state index is 12.5. The standard InChI is InChI=1S/C16H14N6O2/c1-10-2-3-11(15(17)23)6-13(10)21-16(24)12-4-5-19-14(7-12)22-9-18-8-20-22/h2-9H,1H3,(H2,17,23)(H,21,24). The number of amides is 2. The molecule has 0 atom stereocenters. The average molecular weight is 322 g/mol. The predicted molar refractivity (Wildman–Crippen MR) is 86.8 cm³/mol. The van der Waals surface area contributed by atoms with E-state index in [2.05, 4.69) is 20.4 Å². The van der Waals surface area contributed by atoms with E-state index in [4.69, 9.17) is 5.73 Å². The first kappa shape index (κ1) is 15.3. The molecule has 0 bridgehead atoms. The van der Waals surface area contributed by atoms with E-state index in [0.29, 0.717) is 22.6 Å². The van der Waals surface area contributed by atoms with Crippen LogP contribution in [0.25, 0.3) is 5.82 Å². The fourth-order valence-corrected chi connectivity index (χ4v) is 2.12. The van der Waals surface area contributed by atoms with Crippen LogP contribution >= 0.6 is 0 Å². The lowest BCUT2D eigenvalue weighted by molar-refractivity contribution is 0.0996. The lowest BCUT2D eigenvalue weighted by atomic mass is 10.1. The van der Waals surface area contributed by atoms with Crippen LogP contribution in [0, 0.1) is 6.92 Å². The summed E-state index contributed by atoms with van der Waals surface area (Å²) in [4.78, 5) is 31.7. The molecule has 3 aromatic rings. The Labute approximate surface area is 137 Å². The minimum atomic E-state index is -0.553. The second-order valence-electron chi connectivity index (χ2n) is 5.09. The largest absolute Gasteiger partial charge is 0.366 e. The van der Waals surface area contributed by atoms with E-state index in [9.17, 15) is 9.59 Å². The van der Waals surface area contributed by atoms with Gasteiger partial charge in [-0.05, 0) is 36.8 Å². The van der Waals surface area contributed by atoms with Crippen molar-refractivity contribution in [1.29, 1.82) is 0 Å². The zero-order chi connectivity index (χ0) is 17.1. The van der Waals surface area contributed by atoms with Gasteiger partial charge < -0.3 is 11.1 Å². The minimum absolute atomic E-state index is 0.328. The summed E-state index contributed by atoms with van der Waals surface area (Å²) in [5.74, 6) is -0.408. The molecule has 1 aromatic carbocycles. The van der Waals surface area contributed by atoms with Gasteiger partial charge in [-0.1, -0.05) is 6.07 Å². The van der Waals surface area contributed by atoms with Crippen molar-refractivity contribution in [3.63, 3.8) is 0 Å². The number of benzene rings is 1. The van der Waals surface area contributed by atoms with Gasteiger partial charge in [-0.3, -0.25) is 9.59 Å². The Morgan fingerprint density at radius 2 is 2.00 bits per heavy atom. The van der Waals surface area contributed by atoms with Crippen LogP contribution in [-0.2, 0) is 0 Å². The van der Waals surface area contributed by atoms with Gasteiger partial charge >= 0.3 is 0 Å². The van der Waals surface area contributed by atoms with Crippen LogP contribution in [0.3, 0.4) is 0 Å². The zero-order valence-electron chi connectivity index (χ0n) is 12.8. The third-order valence-electron chi connectivity index (χ3n) is 3.43. The highest BCUT2D eigenvalue weighted by Gasteiger charge is 2.11. The Morgan fingerprint density at radius 3 is 2.71 bits per heavy atom. The smallest absolute Gasteiger partial charge is 0.255 e. The van der Waals surface area contributed by atoms with E-state index in [1.807, 2.05) is 6.92 Å². The Kier molecular flexibility index (Phi) is 4.02. The fraction of sp³-hybridized carbons (Fsp3) is 0.0625. The van der Waals surface area contributed by atoms with Crippen molar-refractivity contribution in [2.24, 2.45) is 5.73 Å². The number of rotatable bonds is 4. The predicted octanol–water partition coefficient (Wildman–Crippen LogP) is 1.32. The van der Waals surface area contributed by atoms with Crippen molar-refractivity contribution in [3.05, 3.63) is 65.9 Å². The molecule has 0 aliphatic rings. The number of anilines is 1. The normalized spacial score (nSPS) is 10.4. The highest BCUT2D eigenvalue weighted by atomic mass is 16.2. The van der Waals surface area contributed by atoms with Crippen LogP contribution in [-0.4, -0.2) is 31.6 Å². The summed E-state index contributed by atoms with van der Waals surface area (Å²) in [6.45, 7) is 1.83. The monoisotopic (exact) mass is 322 g/mol. The van der Waals surface area contributed by atoms with Gasteiger partial charge in [-0.15, -0.1) is 0 Å². The fourth-order valence-electron chi connectivity index (χ4n) is 2.12. The summed E-state index contributed by atoms with van der Waals surface area (Å²) >= 11 is 0. The molecule has 120 valence electrons. The van der Waals surface area contributed by atoms with Crippen LogP contribution in [0.1, 0.15) is 26.3 Å². The molecule has 0 aliphatic carbocycles. The first-order valence-corrected chi connectivity index (χ1v) is 7.07. The number of aryl methyl sites for hydroxylation is 1. The van der Waals surface area contributed by atoms with Gasteiger partial charge in [0.1, 0.15) is 12.7 Å². The first-order chi connectivity index (χ1) is 11.5. The van der Waals surface area contributed by atoms with Crippen LogP contribution in [0.5, 0.6) is 0 Å². The van der Waals surface area contributed by atoms with Gasteiger partial charge in [0, 0.05) is 23.0 Å². The molecule has 3 rings (SSSR count). The molecule has 0 saturated heterocycles. The SMILES string of the molecule is Cc1ccc(C(N)=O)cc1NC(=O)c1ccnc(-n2cncn2)c1. The van der Waals surface area contributed by atoms with Gasteiger partial charge in [0.15, 0.2) is 5.82 Å². The second-order valence-corrected chi connectivity index (χ2v) is 5.09. The van der Waals surface area contributed by atoms with Gasteiger partial charge in [0.25, 0.3) is 5.91 Å². The number of carbonyl (C=O) groups is 2. The van der Waals surface area contributed by atoms with Crippen molar-refractivity contribution >= 4 is 17.5 Å². The Hall–Kier alpha value is -3.55. The average Bonchev–Trinajstić information content (AvgIpc) is 3.11. The Bertz CT molecular complexity index is 905. The number of pyridine rings is 1. The highest BCUT2D eigenvalue weighted by molar-refractivity contribution is 6.05. The minimum Gasteiger partial charge on any atom is -0.366 e. The first-order valence-electron chi connectivity index (χ1n) is 7.07. The Balaban J connectivity index is 1.87. The molecule has 0 unspecified atom stereocenters. The molecule has 2 aromatic heterocycles. The molecule has 0 saturated carbocycles. The molecule has 0 aliphatic heterocycles. The van der Waals surface area contributed by atoms with E-state index in [-0.39, 0.29) is 5.91 Å². The number of nitrogens with one attached hydrogen (secondary N) is 1. The summed E-state index contributed by atoms with van der Waals surface area (Å²) in [5.41, 5.74) is 7.35. The van der Waals surface area contributed by atoms with Crippen LogP contribution in [0.2, 0.25) is 0 Å². The highest BCUT2D eigenvalue weighted by Crippen LogP contribution is 2.18. The summed E-state index contributed by atoms with van der Waals surface area (Å²) in [5, 5.41) is 6.75. The quantitative estimate of drug-likeness (QED) is 0.751. The van der Waals surface area contributed by atoms with Crippen molar-refractivity contribution < 1.29 is 9.59 Å². The van der Waals surface area contributed by atoms with Crippen molar-refractivity contribution in [1.82, 2.24) is 19.7 Å². The van der Waals surface area contributed by atoms with E-state index >= 15 is 0 Å². The molecule has 0 spiro atoms. The molecular formula is C16H14N6O2. The van der Waals surface area contributed by atoms with Crippen molar-refractivity contribution in [3.8, 4) is 5.82 Å². The summed E-state index contributed by atoms with van der Waals surface area (Å²) in [7, 11) is 0. The molecular weight excluding hydrogens is 308 g/mol. The molecule has 2 heterocycles. The van der Waals surface area contributed by atoms with Crippen LogP contribution < -0.4 is 11.1 Å². The summed E-state index contributed by atoms with van der Waals surface area (Å²) in [6.07, 6.45) is 4.39. The number of nitrogens with two attached hydrogens (primary N) is 1. The van der Waals surface area contributed by atoms with Gasteiger partial charge in [-0.2, -0.15) is 5.10 Å². The number of aromatic nitrogens is 4. The molecule has 8 heteroatoms. The van der Waals surface area contributed by atoms with Crippen LogP contribution in [0.15, 0.2) is 49.2 Å². The lowest BCUT2D eigenvalue weighted by Gasteiger charge is -2.10. The number of carbonyl (C=O) groups excluding carboxylic acids is 2. The maximum Gasteiger partial charge on any atom is 0.255 e. The van der Waals surface area contributed by atoms with Gasteiger partial charge in [0.05, 0.1) is 0 Å². The molecule has 8 nitrogen and oxygen atoms in total. The third kappa shape index (κ3) is 3.12. The van der Waals surface area contributed by atoms with E-state index in [1.54, 1.807) is 30.3 Å². The number of primary amides is 1. The summed E-state index contributed by atoms with van der Waals surface area (Å²) in [6, 6.07) is 8.07. The molecule has 3 N–H and O–H groups in total. The number of nitrogens with zero attached hydrogens (tertiary/aromatic N) is 4. The Morgan fingerprint density at radius 1 is 1.17 bits per heavy atom. The second kappa shape index (κ2) is 6.29. The lowest BCUT2D eigenvalue weighted by Crippen LogP contribution is -2.16. The molecule has 0 radical (unpaired) electrons. The van der Waals surface area contributed by atoms with Gasteiger partial charge in [-0.25, -0.2) is 14.6 Å². The maximum atomic E-state index is 12.5.